The van der Waals surface area contributed by atoms with Crippen molar-refractivity contribution in [2.75, 3.05) is 0 Å². The van der Waals surface area contributed by atoms with Crippen LogP contribution in [-0.2, 0) is 20.7 Å². The van der Waals surface area contributed by atoms with E-state index in [0.717, 1.165) is 16.3 Å². The first-order chi connectivity index (χ1) is 13.9. The highest BCUT2D eigenvalue weighted by molar-refractivity contribution is 7.58. The van der Waals surface area contributed by atoms with Crippen LogP contribution in [-0.4, -0.2) is 17.7 Å². The molecule has 0 heterocycles. The first kappa shape index (κ1) is 21.1. The van der Waals surface area contributed by atoms with E-state index in [1.165, 1.54) is 0 Å². The van der Waals surface area contributed by atoms with Crippen LogP contribution in [0, 0.1) is 0 Å². The highest BCUT2D eigenvalue weighted by Crippen LogP contribution is 2.49. The number of benzene rings is 3. The van der Waals surface area contributed by atoms with Gasteiger partial charge in [-0.15, -0.1) is 0 Å². The minimum absolute atomic E-state index is 0.169. The van der Waals surface area contributed by atoms with Crippen molar-refractivity contribution < 1.29 is 18.6 Å². The molecule has 6 heteroatoms. The van der Waals surface area contributed by atoms with Crippen LogP contribution in [0.3, 0.4) is 0 Å². The molecule has 0 radical (unpaired) electrons. The van der Waals surface area contributed by atoms with Gasteiger partial charge in [-0.1, -0.05) is 80.6 Å². The van der Waals surface area contributed by atoms with E-state index in [1.807, 2.05) is 66.7 Å². The molecule has 29 heavy (non-hydrogen) atoms. The summed E-state index contributed by atoms with van der Waals surface area (Å²) in [4.78, 5) is 12.4. The summed E-state index contributed by atoms with van der Waals surface area (Å²) in [6.45, 7) is 5.42. The molecular formula is C23H26NO4P. The summed E-state index contributed by atoms with van der Waals surface area (Å²) in [6, 6.07) is 22.0. The van der Waals surface area contributed by atoms with Crippen molar-refractivity contribution in [1.29, 1.82) is 0 Å². The fourth-order valence-electron chi connectivity index (χ4n) is 2.88. The Morgan fingerprint density at radius 1 is 0.931 bits per heavy atom. The molecule has 3 aromatic carbocycles. The van der Waals surface area contributed by atoms with Crippen molar-refractivity contribution in [2.24, 2.45) is 0 Å². The predicted octanol–water partition coefficient (Wildman–Crippen LogP) is 5.54. The maximum Gasteiger partial charge on any atom is 0.323 e. The number of esters is 1. The Kier molecular flexibility index (Phi) is 6.73. The number of ether oxygens (including phenoxy) is 1. The number of carbonyl (C=O) groups excluding carboxylic acids is 1. The number of nitrogens with one attached hydrogen (secondary N) is 1. The van der Waals surface area contributed by atoms with Crippen molar-refractivity contribution in [3.05, 3.63) is 78.4 Å². The molecule has 1 N–H and O–H groups in total. The van der Waals surface area contributed by atoms with Gasteiger partial charge in [0.25, 0.3) is 0 Å². The molecule has 2 atom stereocenters. The highest BCUT2D eigenvalue weighted by atomic mass is 31.2. The van der Waals surface area contributed by atoms with Gasteiger partial charge in [0.05, 0.1) is 5.66 Å². The van der Waals surface area contributed by atoms with Crippen LogP contribution >= 0.6 is 7.52 Å². The molecule has 1 unspecified atom stereocenters. The maximum absolute atomic E-state index is 13.6. The Morgan fingerprint density at radius 2 is 1.59 bits per heavy atom. The average Bonchev–Trinajstić information content (AvgIpc) is 2.73. The Hall–Kier alpha value is -2.62. The van der Waals surface area contributed by atoms with Gasteiger partial charge >= 0.3 is 13.5 Å². The lowest BCUT2D eigenvalue weighted by Crippen LogP contribution is -2.36. The van der Waals surface area contributed by atoms with E-state index in [-0.39, 0.29) is 12.3 Å². The fourth-order valence-corrected chi connectivity index (χ4v) is 4.54. The number of hydrogen-bond donors (Lipinski definition) is 1. The Labute approximate surface area is 171 Å². The van der Waals surface area contributed by atoms with Crippen LogP contribution in [0.1, 0.15) is 26.3 Å². The van der Waals surface area contributed by atoms with Crippen molar-refractivity contribution in [1.82, 2.24) is 5.09 Å². The van der Waals surface area contributed by atoms with E-state index in [4.69, 9.17) is 9.26 Å². The van der Waals surface area contributed by atoms with Crippen molar-refractivity contribution in [3.63, 3.8) is 0 Å². The van der Waals surface area contributed by atoms with Crippen LogP contribution in [0.4, 0.5) is 0 Å². The summed E-state index contributed by atoms with van der Waals surface area (Å²) >= 11 is 0. The van der Waals surface area contributed by atoms with Gasteiger partial charge in [0.1, 0.15) is 18.4 Å². The molecule has 0 bridgehead atoms. The second kappa shape index (κ2) is 9.25. The van der Waals surface area contributed by atoms with Gasteiger partial charge in [-0.3, -0.25) is 9.36 Å². The summed E-state index contributed by atoms with van der Waals surface area (Å²) in [5.74, 6) is 0.0498. The zero-order valence-electron chi connectivity index (χ0n) is 16.9. The molecule has 0 aliphatic carbocycles. The summed E-state index contributed by atoms with van der Waals surface area (Å²) < 4.78 is 24.9. The third kappa shape index (κ3) is 5.26. The average molecular weight is 411 g/mol. The molecule has 0 fully saturated rings. The summed E-state index contributed by atoms with van der Waals surface area (Å²) in [5.41, 5.74) is 0.568. The molecule has 0 amide bonds. The first-order valence-corrected chi connectivity index (χ1v) is 11.3. The SMILES string of the molecule is CC(C)P(=O)(N[C@H](C)C(=O)OCc1ccccc1)Oc1cccc2ccccc12. The minimum Gasteiger partial charge on any atom is -0.460 e. The Bertz CT molecular complexity index is 1010. The number of hydrogen-bond acceptors (Lipinski definition) is 4. The van der Waals surface area contributed by atoms with Crippen LogP contribution in [0.15, 0.2) is 72.8 Å². The van der Waals surface area contributed by atoms with Gasteiger partial charge in [-0.25, -0.2) is 5.09 Å². The second-order valence-corrected chi connectivity index (χ2v) is 9.87. The summed E-state index contributed by atoms with van der Waals surface area (Å²) in [6.07, 6.45) is 0. The molecule has 0 saturated heterocycles. The van der Waals surface area contributed by atoms with Crippen LogP contribution in [0.25, 0.3) is 10.8 Å². The van der Waals surface area contributed by atoms with Gasteiger partial charge in [-0.05, 0) is 23.9 Å². The quantitative estimate of drug-likeness (QED) is 0.389. The molecule has 3 rings (SSSR count). The molecule has 0 aliphatic rings. The lowest BCUT2D eigenvalue weighted by molar-refractivity contribution is -0.146. The molecule has 0 spiro atoms. The molecule has 0 aromatic heterocycles. The topological polar surface area (TPSA) is 64.6 Å². The zero-order chi connectivity index (χ0) is 20.9. The normalized spacial score (nSPS) is 14.3. The Balaban J connectivity index is 1.72. The number of rotatable bonds is 8. The molecule has 5 nitrogen and oxygen atoms in total. The second-order valence-electron chi connectivity index (χ2n) is 7.20. The van der Waals surface area contributed by atoms with E-state index < -0.39 is 19.5 Å². The molecule has 3 aromatic rings. The minimum atomic E-state index is -3.37. The van der Waals surface area contributed by atoms with Crippen LogP contribution in [0.2, 0.25) is 0 Å². The number of fused-ring (bicyclic) bond motifs is 1. The lowest BCUT2D eigenvalue weighted by Gasteiger charge is -2.27. The molecule has 0 saturated carbocycles. The van der Waals surface area contributed by atoms with Gasteiger partial charge < -0.3 is 9.26 Å². The third-order valence-electron chi connectivity index (χ3n) is 4.61. The van der Waals surface area contributed by atoms with Crippen LogP contribution < -0.4 is 9.61 Å². The summed E-state index contributed by atoms with van der Waals surface area (Å²) in [5, 5.41) is 4.77. The van der Waals surface area contributed by atoms with Crippen LogP contribution in [0.5, 0.6) is 5.75 Å². The van der Waals surface area contributed by atoms with E-state index in [0.29, 0.717) is 5.75 Å². The van der Waals surface area contributed by atoms with Gasteiger partial charge in [0.15, 0.2) is 0 Å². The van der Waals surface area contributed by atoms with E-state index in [9.17, 15) is 9.36 Å². The van der Waals surface area contributed by atoms with Gasteiger partial charge in [0, 0.05) is 5.39 Å². The molecule has 0 aliphatic heterocycles. The standard InChI is InChI=1S/C23H26NO4P/c1-17(2)29(26,28-22-15-9-13-20-12-7-8-14-21(20)22)24-18(3)23(25)27-16-19-10-5-4-6-11-19/h4-15,17-18H,16H2,1-3H3,(H,24,26)/t18-,29?/m1/s1. The van der Waals surface area contributed by atoms with Gasteiger partial charge in [0.2, 0.25) is 0 Å². The molecule has 152 valence electrons. The zero-order valence-corrected chi connectivity index (χ0v) is 17.8. The van der Waals surface area contributed by atoms with E-state index in [1.54, 1.807) is 26.8 Å². The fraction of sp³-hybridized carbons (Fsp3) is 0.261. The lowest BCUT2D eigenvalue weighted by atomic mass is 10.1. The summed E-state index contributed by atoms with van der Waals surface area (Å²) in [7, 11) is -3.37. The van der Waals surface area contributed by atoms with Crippen molar-refractivity contribution >= 4 is 24.3 Å². The predicted molar refractivity (Wildman–Crippen MR) is 116 cm³/mol. The maximum atomic E-state index is 13.6. The monoisotopic (exact) mass is 411 g/mol. The van der Waals surface area contributed by atoms with E-state index in [2.05, 4.69) is 5.09 Å². The van der Waals surface area contributed by atoms with E-state index >= 15 is 0 Å². The smallest absolute Gasteiger partial charge is 0.323 e. The van der Waals surface area contributed by atoms with Crippen molar-refractivity contribution in [2.45, 2.75) is 39.1 Å². The largest absolute Gasteiger partial charge is 0.460 e. The number of carbonyl (C=O) groups is 1. The van der Waals surface area contributed by atoms with Gasteiger partial charge in [-0.2, -0.15) is 0 Å². The first-order valence-electron chi connectivity index (χ1n) is 9.64. The highest BCUT2D eigenvalue weighted by Gasteiger charge is 2.34. The molecular weight excluding hydrogens is 385 g/mol. The van der Waals surface area contributed by atoms with Crippen molar-refractivity contribution in [3.8, 4) is 5.75 Å². The Morgan fingerprint density at radius 3 is 2.31 bits per heavy atom. The third-order valence-corrected chi connectivity index (χ3v) is 7.19.